The first-order valence-electron chi connectivity index (χ1n) is 8.73. The Morgan fingerprint density at radius 2 is 1.71 bits per heavy atom. The number of hydrogen-bond acceptors (Lipinski definition) is 6. The third-order valence-corrected chi connectivity index (χ3v) is 7.96. The monoisotopic (exact) mass is 431 g/mol. The third-order valence-electron chi connectivity index (χ3n) is 4.81. The molecule has 11 heteroatoms. The number of sulfone groups is 1. The van der Waals surface area contributed by atoms with Gasteiger partial charge in [0.25, 0.3) is 5.91 Å². The van der Waals surface area contributed by atoms with E-state index in [-0.39, 0.29) is 41.0 Å². The van der Waals surface area contributed by atoms with Crippen molar-refractivity contribution in [2.75, 3.05) is 31.6 Å². The first kappa shape index (κ1) is 22.3. The molecule has 1 saturated heterocycles. The molecule has 0 radical (unpaired) electrons. The average molecular weight is 432 g/mol. The number of hydrogen-bond donors (Lipinski definition) is 2. The summed E-state index contributed by atoms with van der Waals surface area (Å²) in [6, 6.07) is 1.96. The van der Waals surface area contributed by atoms with E-state index in [1.165, 1.54) is 24.9 Å². The van der Waals surface area contributed by atoms with Crippen LogP contribution in [0.4, 0.5) is 0 Å². The van der Waals surface area contributed by atoms with Gasteiger partial charge in [-0.05, 0) is 51.1 Å². The topological polar surface area (TPSA) is 130 Å². The van der Waals surface area contributed by atoms with Gasteiger partial charge in [0.2, 0.25) is 15.9 Å². The predicted octanol–water partition coefficient (Wildman–Crippen LogP) is -0.413. The molecule has 0 aliphatic carbocycles. The zero-order valence-electron chi connectivity index (χ0n) is 16.3. The number of amides is 2. The van der Waals surface area contributed by atoms with Gasteiger partial charge in [0.15, 0.2) is 9.84 Å². The quantitative estimate of drug-likeness (QED) is 0.652. The fourth-order valence-corrected chi connectivity index (χ4v) is 5.16. The maximum absolute atomic E-state index is 12.6. The van der Waals surface area contributed by atoms with E-state index in [0.29, 0.717) is 11.1 Å². The van der Waals surface area contributed by atoms with Crippen molar-refractivity contribution >= 4 is 31.7 Å². The molecule has 1 atom stereocenters. The van der Waals surface area contributed by atoms with Crippen molar-refractivity contribution in [3.8, 4) is 0 Å². The number of nitrogens with zero attached hydrogens (tertiary/aromatic N) is 1. The van der Waals surface area contributed by atoms with Crippen LogP contribution < -0.4 is 10.0 Å². The predicted molar refractivity (Wildman–Crippen MR) is 104 cm³/mol. The smallest absolute Gasteiger partial charge is 0.251 e. The second-order valence-corrected chi connectivity index (χ2v) is 11.0. The minimum Gasteiger partial charge on any atom is -0.341 e. The van der Waals surface area contributed by atoms with Gasteiger partial charge in [-0.25, -0.2) is 21.6 Å². The van der Waals surface area contributed by atoms with Crippen molar-refractivity contribution < 1.29 is 26.4 Å². The maximum atomic E-state index is 12.6. The summed E-state index contributed by atoms with van der Waals surface area (Å²) in [5.74, 6) is -1.15. The molecule has 156 valence electrons. The van der Waals surface area contributed by atoms with Gasteiger partial charge in [-0.1, -0.05) is 0 Å². The molecule has 9 nitrogen and oxygen atoms in total. The van der Waals surface area contributed by atoms with Gasteiger partial charge in [-0.2, -0.15) is 0 Å². The Morgan fingerprint density at radius 1 is 1.14 bits per heavy atom. The van der Waals surface area contributed by atoms with Crippen LogP contribution in [-0.4, -0.2) is 71.2 Å². The van der Waals surface area contributed by atoms with Gasteiger partial charge >= 0.3 is 0 Å². The highest BCUT2D eigenvalue weighted by Crippen LogP contribution is 2.21. The summed E-state index contributed by atoms with van der Waals surface area (Å²) >= 11 is 0. The van der Waals surface area contributed by atoms with Crippen LogP contribution in [0.15, 0.2) is 17.0 Å². The Labute approximate surface area is 165 Å². The second kappa shape index (κ2) is 8.18. The van der Waals surface area contributed by atoms with Crippen molar-refractivity contribution in [2.24, 2.45) is 0 Å². The Kier molecular flexibility index (Phi) is 6.51. The van der Waals surface area contributed by atoms with Gasteiger partial charge < -0.3 is 10.2 Å². The zero-order valence-corrected chi connectivity index (χ0v) is 17.9. The summed E-state index contributed by atoms with van der Waals surface area (Å²) in [7, 11) is -5.57. The summed E-state index contributed by atoms with van der Waals surface area (Å²) in [4.78, 5) is 26.5. The summed E-state index contributed by atoms with van der Waals surface area (Å²) < 4.78 is 49.6. The van der Waals surface area contributed by atoms with E-state index in [1.54, 1.807) is 19.9 Å². The van der Waals surface area contributed by atoms with E-state index in [2.05, 4.69) is 10.0 Å². The molecule has 1 unspecified atom stereocenters. The highest BCUT2D eigenvalue weighted by Gasteiger charge is 2.29. The van der Waals surface area contributed by atoms with Crippen LogP contribution >= 0.6 is 0 Å². The lowest BCUT2D eigenvalue weighted by molar-refractivity contribution is -0.132. The molecule has 2 N–H and O–H groups in total. The molecule has 2 amide bonds. The van der Waals surface area contributed by atoms with Crippen LogP contribution in [0.3, 0.4) is 0 Å². The first-order chi connectivity index (χ1) is 12.9. The molecule has 0 spiro atoms. The highest BCUT2D eigenvalue weighted by molar-refractivity contribution is 7.91. The molecule has 1 aliphatic heterocycles. The minimum atomic E-state index is -3.74. The van der Waals surface area contributed by atoms with E-state index in [1.807, 2.05) is 0 Å². The Bertz CT molecular complexity index is 988. The van der Waals surface area contributed by atoms with Crippen LogP contribution in [0.1, 0.15) is 28.4 Å². The normalized spacial score (nSPS) is 17.8. The van der Waals surface area contributed by atoms with Crippen molar-refractivity contribution in [2.45, 2.75) is 31.7 Å². The van der Waals surface area contributed by atoms with Gasteiger partial charge in [0, 0.05) is 18.7 Å². The van der Waals surface area contributed by atoms with Crippen molar-refractivity contribution in [1.29, 1.82) is 0 Å². The molecule has 1 fully saturated rings. The van der Waals surface area contributed by atoms with Crippen molar-refractivity contribution in [3.05, 3.63) is 28.8 Å². The number of rotatable bonds is 5. The SMILES string of the molecule is CNS(=O)(=O)c1cc(C(=O)NC(C)C(=O)N2CCS(=O)(=O)CC2)cc(C)c1C. The Hall–Kier alpha value is -1.98. The molecular formula is C17H25N3O6S2. The van der Waals surface area contributed by atoms with E-state index in [9.17, 15) is 26.4 Å². The number of aryl methyl sites for hydroxylation is 1. The second-order valence-electron chi connectivity index (χ2n) is 6.80. The molecular weight excluding hydrogens is 406 g/mol. The van der Waals surface area contributed by atoms with Crippen LogP contribution in [0, 0.1) is 13.8 Å². The summed E-state index contributed by atoms with van der Waals surface area (Å²) in [6.07, 6.45) is 0. The summed E-state index contributed by atoms with van der Waals surface area (Å²) in [5, 5.41) is 2.56. The lowest BCUT2D eigenvalue weighted by Crippen LogP contribution is -2.51. The van der Waals surface area contributed by atoms with Crippen LogP contribution in [-0.2, 0) is 24.7 Å². The minimum absolute atomic E-state index is 0.000340. The maximum Gasteiger partial charge on any atom is 0.251 e. The van der Waals surface area contributed by atoms with E-state index in [4.69, 9.17) is 0 Å². The Balaban J connectivity index is 2.17. The molecule has 0 aromatic heterocycles. The number of nitrogens with one attached hydrogen (secondary N) is 2. The van der Waals surface area contributed by atoms with Gasteiger partial charge in [0.05, 0.1) is 16.4 Å². The van der Waals surface area contributed by atoms with Crippen LogP contribution in [0.2, 0.25) is 0 Å². The fourth-order valence-electron chi connectivity index (χ4n) is 2.90. The van der Waals surface area contributed by atoms with Crippen LogP contribution in [0.25, 0.3) is 0 Å². The van der Waals surface area contributed by atoms with Crippen LogP contribution in [0.5, 0.6) is 0 Å². The third kappa shape index (κ3) is 4.89. The van der Waals surface area contributed by atoms with E-state index < -0.39 is 31.8 Å². The number of sulfonamides is 1. The average Bonchev–Trinajstić information content (AvgIpc) is 2.62. The lowest BCUT2D eigenvalue weighted by atomic mass is 10.1. The standard InChI is InChI=1S/C17H25N3O6S2/c1-11-9-14(10-15(12(11)2)28(25,26)18-4)16(21)19-13(3)17(22)20-5-7-27(23,24)8-6-20/h9-10,13,18H,5-8H2,1-4H3,(H,19,21). The largest absolute Gasteiger partial charge is 0.341 e. The van der Waals surface area contributed by atoms with Gasteiger partial charge in [-0.3, -0.25) is 9.59 Å². The highest BCUT2D eigenvalue weighted by atomic mass is 32.2. The Morgan fingerprint density at radius 3 is 2.25 bits per heavy atom. The molecule has 1 aliphatic rings. The molecule has 1 aromatic carbocycles. The summed E-state index contributed by atoms with van der Waals surface area (Å²) in [6.45, 7) is 5.04. The molecule has 1 aromatic rings. The van der Waals surface area contributed by atoms with Gasteiger partial charge in [-0.15, -0.1) is 0 Å². The van der Waals surface area contributed by atoms with Crippen molar-refractivity contribution in [1.82, 2.24) is 14.9 Å². The molecule has 0 saturated carbocycles. The van der Waals surface area contributed by atoms with E-state index in [0.717, 1.165) is 0 Å². The first-order valence-corrected chi connectivity index (χ1v) is 12.0. The molecule has 28 heavy (non-hydrogen) atoms. The number of carbonyl (C=O) groups excluding carboxylic acids is 2. The summed E-state index contributed by atoms with van der Waals surface area (Å²) in [5.41, 5.74) is 1.28. The number of benzene rings is 1. The molecule has 2 rings (SSSR count). The van der Waals surface area contributed by atoms with Crippen molar-refractivity contribution in [3.63, 3.8) is 0 Å². The zero-order chi connectivity index (χ0) is 21.3. The fraction of sp³-hybridized carbons (Fsp3) is 0.529. The number of carbonyl (C=O) groups is 2. The van der Waals surface area contributed by atoms with E-state index >= 15 is 0 Å². The lowest BCUT2D eigenvalue weighted by Gasteiger charge is -2.29. The molecule has 1 heterocycles. The molecule has 0 bridgehead atoms. The van der Waals surface area contributed by atoms with Gasteiger partial charge in [0.1, 0.15) is 6.04 Å².